The number of ether oxygens (including phenoxy) is 1. The van der Waals surface area contributed by atoms with Crippen molar-refractivity contribution in [2.75, 3.05) is 59.0 Å². The summed E-state index contributed by atoms with van der Waals surface area (Å²) >= 11 is 0. The highest BCUT2D eigenvalue weighted by atomic mass is 16.5. The summed E-state index contributed by atoms with van der Waals surface area (Å²) in [5.41, 5.74) is 7.33. The van der Waals surface area contributed by atoms with Gasteiger partial charge in [-0.1, -0.05) is 44.2 Å². The van der Waals surface area contributed by atoms with Crippen LogP contribution >= 0.6 is 0 Å². The van der Waals surface area contributed by atoms with E-state index < -0.39 is 0 Å². The van der Waals surface area contributed by atoms with Crippen LogP contribution in [-0.2, 0) is 9.53 Å². The van der Waals surface area contributed by atoms with Crippen molar-refractivity contribution in [1.82, 2.24) is 15.1 Å². The van der Waals surface area contributed by atoms with E-state index in [4.69, 9.17) is 10.5 Å². The van der Waals surface area contributed by atoms with Crippen LogP contribution in [0.3, 0.4) is 0 Å². The number of nitrogens with one attached hydrogen (secondary N) is 1. The number of carbonyl (C=O) groups is 1. The van der Waals surface area contributed by atoms with Crippen LogP contribution in [0.4, 0.5) is 0 Å². The van der Waals surface area contributed by atoms with Crippen molar-refractivity contribution < 1.29 is 9.53 Å². The molecule has 3 rings (SSSR count). The Hall–Kier alpha value is -1.47. The molecule has 1 aromatic carbocycles. The molecule has 0 radical (unpaired) electrons. The van der Waals surface area contributed by atoms with Crippen LogP contribution in [0.25, 0.3) is 0 Å². The molecule has 0 aromatic heterocycles. The van der Waals surface area contributed by atoms with E-state index in [1.807, 2.05) is 6.07 Å². The maximum atomic E-state index is 12.5. The maximum absolute atomic E-state index is 12.5. The van der Waals surface area contributed by atoms with E-state index in [0.717, 1.165) is 39.3 Å². The zero-order valence-electron chi connectivity index (χ0n) is 17.3. The van der Waals surface area contributed by atoms with Gasteiger partial charge < -0.3 is 15.8 Å². The number of carbonyl (C=O) groups excluding carboxylic acids is 1. The number of nitrogens with two attached hydrogens (primary N) is 1. The Kier molecular flexibility index (Phi) is 7.85. The lowest BCUT2D eigenvalue weighted by atomic mass is 9.89. The smallest absolute Gasteiger partial charge is 0.234 e. The van der Waals surface area contributed by atoms with Crippen molar-refractivity contribution in [3.63, 3.8) is 0 Å². The molecule has 2 saturated heterocycles. The third-order valence-corrected chi connectivity index (χ3v) is 5.79. The molecule has 0 aliphatic carbocycles. The molecule has 3 atom stereocenters. The van der Waals surface area contributed by atoms with E-state index in [1.54, 1.807) is 0 Å². The molecule has 6 heteroatoms. The Morgan fingerprint density at radius 1 is 1.21 bits per heavy atom. The fourth-order valence-electron chi connectivity index (χ4n) is 4.48. The average molecular weight is 389 g/mol. The molecule has 1 unspecified atom stereocenters. The second-order valence-electron chi connectivity index (χ2n) is 8.66. The predicted octanol–water partition coefficient (Wildman–Crippen LogP) is 1.13. The van der Waals surface area contributed by atoms with E-state index in [1.165, 1.54) is 5.56 Å². The second kappa shape index (κ2) is 10.3. The highest BCUT2D eigenvalue weighted by molar-refractivity contribution is 5.78. The van der Waals surface area contributed by atoms with Crippen LogP contribution in [0.1, 0.15) is 25.3 Å². The minimum Gasteiger partial charge on any atom is -0.374 e. The second-order valence-corrected chi connectivity index (χ2v) is 8.66. The Morgan fingerprint density at radius 2 is 2.00 bits per heavy atom. The number of hydrogen-bond donors (Lipinski definition) is 2. The van der Waals surface area contributed by atoms with Crippen LogP contribution in [-0.4, -0.2) is 80.8 Å². The van der Waals surface area contributed by atoms with Crippen molar-refractivity contribution in [3.8, 4) is 0 Å². The summed E-state index contributed by atoms with van der Waals surface area (Å²) < 4.78 is 5.83. The Bertz CT molecular complexity index is 610. The number of benzene rings is 1. The number of amides is 1. The molecule has 0 bridgehead atoms. The monoisotopic (exact) mass is 388 g/mol. The molecule has 6 nitrogen and oxygen atoms in total. The zero-order chi connectivity index (χ0) is 19.9. The van der Waals surface area contributed by atoms with E-state index in [2.05, 4.69) is 53.2 Å². The molecule has 28 heavy (non-hydrogen) atoms. The van der Waals surface area contributed by atoms with Gasteiger partial charge in [-0.15, -0.1) is 0 Å². The normalized spacial score (nSPS) is 26.6. The minimum absolute atomic E-state index is 0.0778. The van der Waals surface area contributed by atoms with E-state index in [0.29, 0.717) is 37.4 Å². The Morgan fingerprint density at radius 3 is 2.71 bits per heavy atom. The van der Waals surface area contributed by atoms with Gasteiger partial charge >= 0.3 is 0 Å². The molecule has 0 saturated carbocycles. The first-order chi connectivity index (χ1) is 13.5. The summed E-state index contributed by atoms with van der Waals surface area (Å²) in [6.07, 6.45) is 0.0869. The number of rotatable bonds is 8. The first-order valence-corrected chi connectivity index (χ1v) is 10.6. The molecule has 1 aromatic rings. The minimum atomic E-state index is 0.0778. The molecule has 3 N–H and O–H groups in total. The molecule has 2 aliphatic rings. The van der Waals surface area contributed by atoms with Crippen LogP contribution in [0.15, 0.2) is 30.3 Å². The summed E-state index contributed by atoms with van der Waals surface area (Å²) in [7, 11) is 0. The topological polar surface area (TPSA) is 70.8 Å². The third kappa shape index (κ3) is 6.01. The van der Waals surface area contributed by atoms with E-state index in [-0.39, 0.29) is 12.0 Å². The van der Waals surface area contributed by atoms with E-state index >= 15 is 0 Å². The summed E-state index contributed by atoms with van der Waals surface area (Å²) in [6.45, 7) is 11.6. The number of morpholine rings is 1. The molecule has 0 spiro atoms. The van der Waals surface area contributed by atoms with Crippen molar-refractivity contribution >= 4 is 5.91 Å². The lowest BCUT2D eigenvalue weighted by Crippen LogP contribution is -2.49. The van der Waals surface area contributed by atoms with Crippen molar-refractivity contribution in [2.24, 2.45) is 17.6 Å². The molecular formula is C22H36N4O2. The molecular weight excluding hydrogens is 352 g/mol. The van der Waals surface area contributed by atoms with Gasteiger partial charge in [-0.3, -0.25) is 14.6 Å². The first kappa shape index (κ1) is 21.2. The number of nitrogens with zero attached hydrogens (tertiary/aromatic N) is 2. The largest absolute Gasteiger partial charge is 0.374 e. The van der Waals surface area contributed by atoms with Gasteiger partial charge in [-0.05, 0) is 23.9 Å². The van der Waals surface area contributed by atoms with Crippen molar-refractivity contribution in [3.05, 3.63) is 35.9 Å². The van der Waals surface area contributed by atoms with Gasteiger partial charge in [0.1, 0.15) is 0 Å². The Balaban J connectivity index is 1.43. The standard InChI is InChI=1S/C22H36N4O2/c1-17(2)12-25-8-9-28-20(14-25)11-24-22(27)16-26-13-19(10-23)21(15-26)18-6-4-3-5-7-18/h3-7,17,19-21H,8-16,23H2,1-2H3,(H,24,27)/t19-,20?,21+/m1/s1. The third-order valence-electron chi connectivity index (χ3n) is 5.79. The summed E-state index contributed by atoms with van der Waals surface area (Å²) in [6, 6.07) is 10.5. The molecule has 156 valence electrons. The predicted molar refractivity (Wildman–Crippen MR) is 112 cm³/mol. The summed E-state index contributed by atoms with van der Waals surface area (Å²) in [5, 5.41) is 3.08. The van der Waals surface area contributed by atoms with Crippen LogP contribution in [0, 0.1) is 11.8 Å². The van der Waals surface area contributed by atoms with Gasteiger partial charge in [-0.2, -0.15) is 0 Å². The Labute approximate surface area is 169 Å². The zero-order valence-corrected chi connectivity index (χ0v) is 17.3. The van der Waals surface area contributed by atoms with Gasteiger partial charge in [0, 0.05) is 45.2 Å². The molecule has 2 aliphatic heterocycles. The fourth-order valence-corrected chi connectivity index (χ4v) is 4.48. The summed E-state index contributed by atoms with van der Waals surface area (Å²) in [4.78, 5) is 17.2. The van der Waals surface area contributed by atoms with Gasteiger partial charge in [0.15, 0.2) is 0 Å². The number of hydrogen-bond acceptors (Lipinski definition) is 5. The molecule has 2 fully saturated rings. The van der Waals surface area contributed by atoms with Crippen LogP contribution < -0.4 is 11.1 Å². The van der Waals surface area contributed by atoms with Crippen LogP contribution in [0.2, 0.25) is 0 Å². The fraction of sp³-hybridized carbons (Fsp3) is 0.682. The SMILES string of the molecule is CC(C)CN1CCOC(CNC(=O)CN2C[C@@H](CN)[C@H](c3ccccc3)C2)C1. The van der Waals surface area contributed by atoms with Crippen LogP contribution in [0.5, 0.6) is 0 Å². The van der Waals surface area contributed by atoms with Gasteiger partial charge in [-0.25, -0.2) is 0 Å². The van der Waals surface area contributed by atoms with Gasteiger partial charge in [0.2, 0.25) is 5.91 Å². The van der Waals surface area contributed by atoms with E-state index in [9.17, 15) is 4.79 Å². The highest BCUT2D eigenvalue weighted by Gasteiger charge is 2.33. The first-order valence-electron chi connectivity index (χ1n) is 10.6. The highest BCUT2D eigenvalue weighted by Crippen LogP contribution is 2.31. The molecule has 2 heterocycles. The van der Waals surface area contributed by atoms with Gasteiger partial charge in [0.05, 0.1) is 19.3 Å². The lowest BCUT2D eigenvalue weighted by Gasteiger charge is -2.34. The summed E-state index contributed by atoms with van der Waals surface area (Å²) in [5.74, 6) is 1.54. The molecule has 1 amide bonds. The maximum Gasteiger partial charge on any atom is 0.234 e. The van der Waals surface area contributed by atoms with Crippen molar-refractivity contribution in [1.29, 1.82) is 0 Å². The quantitative estimate of drug-likeness (QED) is 0.699. The average Bonchev–Trinajstić information content (AvgIpc) is 3.09. The van der Waals surface area contributed by atoms with Gasteiger partial charge in [0.25, 0.3) is 0 Å². The lowest BCUT2D eigenvalue weighted by molar-refractivity contribution is -0.123. The number of likely N-dealkylation sites (tertiary alicyclic amines) is 1. The van der Waals surface area contributed by atoms with Crippen molar-refractivity contribution in [2.45, 2.75) is 25.9 Å².